The Balaban J connectivity index is 2.04. The van der Waals surface area contributed by atoms with Crippen molar-refractivity contribution in [3.05, 3.63) is 58.4 Å². The average molecular weight is 365 g/mol. The van der Waals surface area contributed by atoms with E-state index in [2.05, 4.69) is 41.7 Å². The van der Waals surface area contributed by atoms with E-state index in [1.54, 1.807) is 6.07 Å². The second kappa shape index (κ2) is 8.82. The number of hydrogen-bond acceptors (Lipinski definition) is 4. The van der Waals surface area contributed by atoms with Crippen molar-refractivity contribution >= 4 is 10.9 Å². The van der Waals surface area contributed by atoms with Crippen molar-refractivity contribution in [1.29, 1.82) is 0 Å². The molecule has 0 bridgehead atoms. The summed E-state index contributed by atoms with van der Waals surface area (Å²) in [6.07, 6.45) is 0.964. The van der Waals surface area contributed by atoms with Gasteiger partial charge in [0, 0.05) is 17.7 Å². The molecular formula is C22H27N3O2. The van der Waals surface area contributed by atoms with E-state index in [0.29, 0.717) is 23.3 Å². The van der Waals surface area contributed by atoms with Crippen LogP contribution < -0.4 is 10.3 Å². The lowest BCUT2D eigenvalue weighted by molar-refractivity contribution is 0.277. The van der Waals surface area contributed by atoms with E-state index >= 15 is 0 Å². The van der Waals surface area contributed by atoms with Gasteiger partial charge in [-0.15, -0.1) is 0 Å². The second-order valence-corrected chi connectivity index (χ2v) is 6.56. The maximum absolute atomic E-state index is 12.4. The number of para-hydroxylation sites is 1. The first-order valence-electron chi connectivity index (χ1n) is 9.63. The molecule has 3 aromatic rings. The molecule has 0 aliphatic heterocycles. The number of nitrogens with one attached hydrogen (secondary N) is 1. The molecule has 3 rings (SSSR count). The molecule has 0 spiro atoms. The van der Waals surface area contributed by atoms with E-state index in [0.717, 1.165) is 42.9 Å². The van der Waals surface area contributed by atoms with Gasteiger partial charge < -0.3 is 9.72 Å². The molecule has 1 N–H and O–H groups in total. The van der Waals surface area contributed by atoms with Crippen LogP contribution in [-0.4, -0.2) is 34.6 Å². The highest BCUT2D eigenvalue weighted by Crippen LogP contribution is 2.27. The average Bonchev–Trinajstić information content (AvgIpc) is 2.70. The third kappa shape index (κ3) is 4.37. The van der Waals surface area contributed by atoms with Gasteiger partial charge in [0.05, 0.1) is 17.5 Å². The molecule has 0 atom stereocenters. The minimum Gasteiger partial charge on any atom is -0.493 e. The standard InChI is InChI=1S/C22H27N3O2/c1-4-13-27-20-12-11-16(14-17(20)15-25(5-2)6-3)21-23-19-10-8-7-9-18(19)22(26)24-21/h7-12,14H,4-6,13,15H2,1-3H3,(H,23,24,26). The maximum atomic E-state index is 12.4. The molecule has 1 heterocycles. The van der Waals surface area contributed by atoms with Gasteiger partial charge in [0.2, 0.25) is 0 Å². The van der Waals surface area contributed by atoms with Crippen LogP contribution >= 0.6 is 0 Å². The highest BCUT2D eigenvalue weighted by Gasteiger charge is 2.12. The molecule has 5 heteroatoms. The summed E-state index contributed by atoms with van der Waals surface area (Å²) in [6, 6.07) is 13.4. The zero-order chi connectivity index (χ0) is 19.2. The number of aromatic amines is 1. The minimum absolute atomic E-state index is 0.118. The Bertz CT molecular complexity index is 961. The van der Waals surface area contributed by atoms with Gasteiger partial charge in [-0.25, -0.2) is 4.98 Å². The lowest BCUT2D eigenvalue weighted by atomic mass is 10.1. The third-order valence-corrected chi connectivity index (χ3v) is 4.70. The molecule has 0 aliphatic carbocycles. The topological polar surface area (TPSA) is 58.2 Å². The largest absolute Gasteiger partial charge is 0.493 e. The van der Waals surface area contributed by atoms with Gasteiger partial charge in [-0.1, -0.05) is 32.9 Å². The predicted octanol–water partition coefficient (Wildman–Crippen LogP) is 4.22. The van der Waals surface area contributed by atoms with Crippen LogP contribution in [0, 0.1) is 0 Å². The van der Waals surface area contributed by atoms with E-state index in [4.69, 9.17) is 4.74 Å². The number of nitrogens with zero attached hydrogens (tertiary/aromatic N) is 2. The van der Waals surface area contributed by atoms with Crippen LogP contribution in [0.2, 0.25) is 0 Å². The Morgan fingerprint density at radius 1 is 1.07 bits per heavy atom. The highest BCUT2D eigenvalue weighted by molar-refractivity contribution is 5.79. The van der Waals surface area contributed by atoms with E-state index in [9.17, 15) is 4.79 Å². The Morgan fingerprint density at radius 2 is 1.85 bits per heavy atom. The summed E-state index contributed by atoms with van der Waals surface area (Å²) < 4.78 is 5.94. The van der Waals surface area contributed by atoms with Crippen LogP contribution in [0.1, 0.15) is 32.8 Å². The number of ether oxygens (including phenoxy) is 1. The molecule has 0 aliphatic rings. The third-order valence-electron chi connectivity index (χ3n) is 4.70. The molecule has 2 aromatic carbocycles. The summed E-state index contributed by atoms with van der Waals surface area (Å²) in [4.78, 5) is 22.3. The van der Waals surface area contributed by atoms with E-state index in [-0.39, 0.29) is 5.56 Å². The molecule has 0 amide bonds. The minimum atomic E-state index is -0.118. The Hall–Kier alpha value is -2.66. The van der Waals surface area contributed by atoms with Gasteiger partial charge >= 0.3 is 0 Å². The van der Waals surface area contributed by atoms with Gasteiger partial charge in [-0.3, -0.25) is 9.69 Å². The summed E-state index contributed by atoms with van der Waals surface area (Å²) in [6.45, 7) is 9.85. The number of hydrogen-bond donors (Lipinski definition) is 1. The van der Waals surface area contributed by atoms with Crippen LogP contribution in [-0.2, 0) is 6.54 Å². The van der Waals surface area contributed by atoms with E-state index < -0.39 is 0 Å². The smallest absolute Gasteiger partial charge is 0.259 e. The summed E-state index contributed by atoms with van der Waals surface area (Å²) in [5, 5.41) is 0.604. The molecular weight excluding hydrogens is 338 g/mol. The molecule has 0 unspecified atom stereocenters. The highest BCUT2D eigenvalue weighted by atomic mass is 16.5. The van der Waals surface area contributed by atoms with Crippen molar-refractivity contribution in [2.45, 2.75) is 33.7 Å². The van der Waals surface area contributed by atoms with Crippen molar-refractivity contribution in [1.82, 2.24) is 14.9 Å². The number of benzene rings is 2. The van der Waals surface area contributed by atoms with Gasteiger partial charge in [0.1, 0.15) is 11.6 Å². The molecule has 0 radical (unpaired) electrons. The van der Waals surface area contributed by atoms with Crippen LogP contribution in [0.3, 0.4) is 0 Å². The first-order valence-corrected chi connectivity index (χ1v) is 9.63. The van der Waals surface area contributed by atoms with Crippen molar-refractivity contribution in [3.63, 3.8) is 0 Å². The molecule has 27 heavy (non-hydrogen) atoms. The molecule has 0 saturated heterocycles. The molecule has 0 saturated carbocycles. The van der Waals surface area contributed by atoms with Crippen molar-refractivity contribution in [3.8, 4) is 17.1 Å². The van der Waals surface area contributed by atoms with Gasteiger partial charge in [0.25, 0.3) is 5.56 Å². The molecule has 0 fully saturated rings. The van der Waals surface area contributed by atoms with Gasteiger partial charge in [-0.2, -0.15) is 0 Å². The lowest BCUT2D eigenvalue weighted by Crippen LogP contribution is -2.22. The zero-order valence-corrected chi connectivity index (χ0v) is 16.3. The Labute approximate surface area is 160 Å². The summed E-state index contributed by atoms with van der Waals surface area (Å²) >= 11 is 0. The molecule has 1 aromatic heterocycles. The van der Waals surface area contributed by atoms with Gasteiger partial charge in [0.15, 0.2) is 0 Å². The lowest BCUT2D eigenvalue weighted by Gasteiger charge is -2.21. The Kier molecular flexibility index (Phi) is 6.24. The van der Waals surface area contributed by atoms with E-state index in [1.807, 2.05) is 30.3 Å². The number of aromatic nitrogens is 2. The number of rotatable bonds is 8. The fourth-order valence-corrected chi connectivity index (χ4v) is 3.11. The first-order chi connectivity index (χ1) is 13.2. The van der Waals surface area contributed by atoms with Crippen LogP contribution in [0.4, 0.5) is 0 Å². The van der Waals surface area contributed by atoms with Crippen LogP contribution in [0.25, 0.3) is 22.3 Å². The fraction of sp³-hybridized carbons (Fsp3) is 0.364. The summed E-state index contributed by atoms with van der Waals surface area (Å²) in [5.74, 6) is 1.48. The quantitative estimate of drug-likeness (QED) is 0.649. The second-order valence-electron chi connectivity index (χ2n) is 6.56. The maximum Gasteiger partial charge on any atom is 0.259 e. The van der Waals surface area contributed by atoms with Gasteiger partial charge in [-0.05, 0) is 49.8 Å². The molecule has 5 nitrogen and oxygen atoms in total. The number of fused-ring (bicyclic) bond motifs is 1. The first kappa shape index (κ1) is 19.1. The van der Waals surface area contributed by atoms with Crippen molar-refractivity contribution in [2.75, 3.05) is 19.7 Å². The fourth-order valence-electron chi connectivity index (χ4n) is 3.11. The molecule has 142 valence electrons. The number of H-pyrrole nitrogens is 1. The predicted molar refractivity (Wildman–Crippen MR) is 110 cm³/mol. The SMILES string of the molecule is CCCOc1ccc(-c2nc3ccccc3c(=O)[nH]2)cc1CN(CC)CC. The van der Waals surface area contributed by atoms with Crippen LogP contribution in [0.15, 0.2) is 47.3 Å². The summed E-state index contributed by atoms with van der Waals surface area (Å²) in [5.41, 5.74) is 2.59. The van der Waals surface area contributed by atoms with Crippen molar-refractivity contribution in [2.24, 2.45) is 0 Å². The van der Waals surface area contributed by atoms with Crippen LogP contribution in [0.5, 0.6) is 5.75 Å². The Morgan fingerprint density at radius 3 is 2.59 bits per heavy atom. The monoisotopic (exact) mass is 365 g/mol. The summed E-state index contributed by atoms with van der Waals surface area (Å²) in [7, 11) is 0. The normalized spacial score (nSPS) is 11.3. The van der Waals surface area contributed by atoms with Crippen molar-refractivity contribution < 1.29 is 4.74 Å². The zero-order valence-electron chi connectivity index (χ0n) is 16.3. The van der Waals surface area contributed by atoms with E-state index in [1.165, 1.54) is 0 Å².